The van der Waals surface area contributed by atoms with Crippen molar-refractivity contribution in [2.75, 3.05) is 37.8 Å². The Hall–Kier alpha value is -1.35. The Morgan fingerprint density at radius 1 is 1.47 bits per heavy atom. The number of morpholine rings is 1. The van der Waals surface area contributed by atoms with E-state index in [4.69, 9.17) is 9.84 Å². The van der Waals surface area contributed by atoms with E-state index in [0.29, 0.717) is 0 Å². The van der Waals surface area contributed by atoms with Crippen molar-refractivity contribution in [1.29, 1.82) is 0 Å². The smallest absolute Gasteiger partial charge is 0.328 e. The minimum atomic E-state index is -3.15. The van der Waals surface area contributed by atoms with Crippen LogP contribution in [0.15, 0.2) is 0 Å². The van der Waals surface area contributed by atoms with Gasteiger partial charge in [-0.3, -0.25) is 0 Å². The van der Waals surface area contributed by atoms with Crippen molar-refractivity contribution in [1.82, 2.24) is 10.2 Å². The Kier molecular flexibility index (Phi) is 5.55. The molecule has 1 rings (SSSR count). The Labute approximate surface area is 111 Å². The molecule has 2 N–H and O–H groups in total. The van der Waals surface area contributed by atoms with E-state index in [0.717, 1.165) is 4.90 Å². The van der Waals surface area contributed by atoms with E-state index in [-0.39, 0.29) is 37.8 Å². The lowest BCUT2D eigenvalue weighted by Crippen LogP contribution is -2.56. The maximum atomic E-state index is 11.8. The Balaban J connectivity index is 2.50. The Bertz CT molecular complexity index is 435. The third-order valence-electron chi connectivity index (χ3n) is 2.80. The summed E-state index contributed by atoms with van der Waals surface area (Å²) in [5.74, 6) is -1.29. The lowest BCUT2D eigenvalue weighted by molar-refractivity contribution is -0.147. The second-order valence-electron chi connectivity index (χ2n) is 4.09. The summed E-state index contributed by atoms with van der Waals surface area (Å²) in [6, 6.07) is -1.61. The number of nitrogens with one attached hydrogen (secondary N) is 1. The number of carbonyl (C=O) groups excluding carboxylic acids is 1. The van der Waals surface area contributed by atoms with Crippen LogP contribution in [0.1, 0.15) is 6.92 Å². The van der Waals surface area contributed by atoms with Gasteiger partial charge in [0.2, 0.25) is 0 Å². The number of nitrogens with zero attached hydrogens (tertiary/aromatic N) is 1. The highest BCUT2D eigenvalue weighted by Crippen LogP contribution is 2.07. The van der Waals surface area contributed by atoms with E-state index < -0.39 is 27.9 Å². The predicted octanol–water partition coefficient (Wildman–Crippen LogP) is -1.08. The highest BCUT2D eigenvalue weighted by atomic mass is 32.2. The molecule has 9 heteroatoms. The summed E-state index contributed by atoms with van der Waals surface area (Å²) in [6.07, 6.45) is 0. The lowest BCUT2D eigenvalue weighted by Gasteiger charge is -2.32. The van der Waals surface area contributed by atoms with Gasteiger partial charge < -0.3 is 20.1 Å². The Morgan fingerprint density at radius 2 is 2.16 bits per heavy atom. The topological polar surface area (TPSA) is 113 Å². The minimum absolute atomic E-state index is 0.0121. The molecule has 1 saturated heterocycles. The zero-order chi connectivity index (χ0) is 14.5. The molecule has 0 saturated carbocycles. The molecular weight excluding hydrogens is 276 g/mol. The summed E-state index contributed by atoms with van der Waals surface area (Å²) < 4.78 is 27.5. The second kappa shape index (κ2) is 6.71. The van der Waals surface area contributed by atoms with Crippen LogP contribution in [-0.2, 0) is 19.4 Å². The number of aliphatic carboxylic acids is 1. The fraction of sp³-hybridized carbons (Fsp3) is 0.800. The van der Waals surface area contributed by atoms with Crippen LogP contribution in [0.5, 0.6) is 0 Å². The van der Waals surface area contributed by atoms with Crippen molar-refractivity contribution in [3.05, 3.63) is 0 Å². The molecule has 0 bridgehead atoms. The van der Waals surface area contributed by atoms with Gasteiger partial charge in [-0.15, -0.1) is 0 Å². The number of carbonyl (C=O) groups is 2. The van der Waals surface area contributed by atoms with Gasteiger partial charge in [-0.2, -0.15) is 0 Å². The molecule has 1 atom stereocenters. The first-order valence-corrected chi connectivity index (χ1v) is 7.75. The van der Waals surface area contributed by atoms with Crippen molar-refractivity contribution >= 4 is 21.8 Å². The summed E-state index contributed by atoms with van der Waals surface area (Å²) in [5.41, 5.74) is 0. The molecule has 1 fully saturated rings. The molecule has 1 unspecified atom stereocenters. The normalized spacial score (nSPS) is 20.1. The highest BCUT2D eigenvalue weighted by molar-refractivity contribution is 7.91. The summed E-state index contributed by atoms with van der Waals surface area (Å²) in [4.78, 5) is 23.9. The number of urea groups is 1. The molecule has 2 amide bonds. The van der Waals surface area contributed by atoms with Crippen molar-refractivity contribution in [2.24, 2.45) is 0 Å². The van der Waals surface area contributed by atoms with Crippen LogP contribution in [0.2, 0.25) is 0 Å². The van der Waals surface area contributed by atoms with Gasteiger partial charge in [0.25, 0.3) is 0 Å². The first-order valence-electron chi connectivity index (χ1n) is 5.93. The molecule has 0 aromatic carbocycles. The molecule has 0 aromatic rings. The molecule has 1 aliphatic heterocycles. The van der Waals surface area contributed by atoms with Crippen LogP contribution in [0.3, 0.4) is 0 Å². The summed E-state index contributed by atoms with van der Waals surface area (Å²) in [7, 11) is -3.15. The number of carboxylic acids is 1. The average molecular weight is 294 g/mol. The largest absolute Gasteiger partial charge is 0.480 e. The van der Waals surface area contributed by atoms with E-state index in [1.165, 1.54) is 6.92 Å². The summed E-state index contributed by atoms with van der Waals surface area (Å²) >= 11 is 0. The van der Waals surface area contributed by atoms with Gasteiger partial charge in [-0.25, -0.2) is 18.0 Å². The fourth-order valence-corrected chi connectivity index (χ4v) is 2.31. The van der Waals surface area contributed by atoms with Crippen LogP contribution >= 0.6 is 0 Å². The van der Waals surface area contributed by atoms with E-state index >= 15 is 0 Å². The number of sulfone groups is 1. The van der Waals surface area contributed by atoms with Crippen LogP contribution in [0, 0.1) is 0 Å². The third kappa shape index (κ3) is 4.67. The van der Waals surface area contributed by atoms with Crippen molar-refractivity contribution in [3.63, 3.8) is 0 Å². The van der Waals surface area contributed by atoms with Gasteiger partial charge in [0.05, 0.1) is 19.0 Å². The zero-order valence-corrected chi connectivity index (χ0v) is 11.5. The Morgan fingerprint density at radius 3 is 2.74 bits per heavy atom. The number of ether oxygens (including phenoxy) is 1. The molecular formula is C10H18N2O6S. The number of hydrogen-bond donors (Lipinski definition) is 2. The quantitative estimate of drug-likeness (QED) is 0.666. The van der Waals surface area contributed by atoms with Crippen molar-refractivity contribution in [3.8, 4) is 0 Å². The van der Waals surface area contributed by atoms with E-state index in [9.17, 15) is 18.0 Å². The zero-order valence-electron chi connectivity index (χ0n) is 10.7. The highest BCUT2D eigenvalue weighted by Gasteiger charge is 2.32. The van der Waals surface area contributed by atoms with Crippen LogP contribution in [0.25, 0.3) is 0 Å². The van der Waals surface area contributed by atoms with E-state index in [2.05, 4.69) is 5.32 Å². The number of hydrogen-bond acceptors (Lipinski definition) is 5. The van der Waals surface area contributed by atoms with Gasteiger partial charge in [0.1, 0.15) is 0 Å². The second-order valence-corrected chi connectivity index (χ2v) is 6.56. The molecule has 19 heavy (non-hydrogen) atoms. The van der Waals surface area contributed by atoms with Crippen LogP contribution in [-0.4, -0.2) is 74.3 Å². The monoisotopic (exact) mass is 294 g/mol. The summed E-state index contributed by atoms with van der Waals surface area (Å²) in [6.45, 7) is 1.88. The van der Waals surface area contributed by atoms with E-state index in [1.54, 1.807) is 0 Å². The van der Waals surface area contributed by atoms with Crippen LogP contribution < -0.4 is 5.32 Å². The summed E-state index contributed by atoms with van der Waals surface area (Å²) in [5, 5.41) is 11.4. The fourth-order valence-electron chi connectivity index (χ4n) is 1.61. The van der Waals surface area contributed by atoms with Crippen molar-refractivity contribution < 1.29 is 27.9 Å². The molecule has 0 radical (unpaired) electrons. The van der Waals surface area contributed by atoms with Gasteiger partial charge in [0.15, 0.2) is 15.9 Å². The van der Waals surface area contributed by atoms with Gasteiger partial charge in [-0.05, 0) is 0 Å². The molecule has 110 valence electrons. The molecule has 8 nitrogen and oxygen atoms in total. The molecule has 0 spiro atoms. The lowest BCUT2D eigenvalue weighted by atomic mass is 10.2. The average Bonchev–Trinajstić information content (AvgIpc) is 2.38. The first-order chi connectivity index (χ1) is 8.87. The maximum absolute atomic E-state index is 11.8. The number of rotatable bonds is 5. The third-order valence-corrected chi connectivity index (χ3v) is 4.51. The first kappa shape index (κ1) is 15.7. The number of carboxylic acid groups (broad SMARTS) is 1. The standard InChI is InChI=1S/C10H18N2O6S/c1-2-19(16,17)6-3-11-10(15)12-4-5-18-7-8(12)9(13)14/h8H,2-7H2,1H3,(H,11,15)(H,13,14). The van der Waals surface area contributed by atoms with Crippen molar-refractivity contribution in [2.45, 2.75) is 13.0 Å². The predicted molar refractivity (Wildman–Crippen MR) is 66.7 cm³/mol. The van der Waals surface area contributed by atoms with E-state index in [1.807, 2.05) is 0 Å². The number of amides is 2. The molecule has 1 heterocycles. The SMILES string of the molecule is CCS(=O)(=O)CCNC(=O)N1CCOCC1C(=O)O. The molecule has 0 aromatic heterocycles. The van der Waals surface area contributed by atoms with Crippen LogP contribution in [0.4, 0.5) is 4.79 Å². The molecule has 0 aliphatic carbocycles. The molecule has 1 aliphatic rings. The minimum Gasteiger partial charge on any atom is -0.480 e. The van der Waals surface area contributed by atoms with Gasteiger partial charge in [0, 0.05) is 18.8 Å². The van der Waals surface area contributed by atoms with Gasteiger partial charge >= 0.3 is 12.0 Å². The van der Waals surface area contributed by atoms with Gasteiger partial charge in [-0.1, -0.05) is 6.92 Å². The maximum Gasteiger partial charge on any atom is 0.328 e.